The molecule has 0 radical (unpaired) electrons. The van der Waals surface area contributed by atoms with E-state index in [0.29, 0.717) is 6.54 Å². The molecular weight excluding hydrogens is 255 g/mol. The molecule has 1 heterocycles. The summed E-state index contributed by atoms with van der Waals surface area (Å²) < 4.78 is 13.5. The first-order valence-electron chi connectivity index (χ1n) is 5.94. The van der Waals surface area contributed by atoms with Crippen molar-refractivity contribution in [2.45, 2.75) is 19.8 Å². The summed E-state index contributed by atoms with van der Waals surface area (Å²) in [4.78, 5) is 11.9. The van der Waals surface area contributed by atoms with Crippen LogP contribution in [0.3, 0.4) is 0 Å². The largest absolute Gasteiger partial charge is 0.323 e. The molecule has 0 saturated carbocycles. The number of amides is 1. The predicted molar refractivity (Wildman–Crippen MR) is 72.6 cm³/mol. The van der Waals surface area contributed by atoms with Crippen molar-refractivity contribution in [3.05, 3.63) is 29.6 Å². The van der Waals surface area contributed by atoms with Crippen LogP contribution in [-0.2, 0) is 4.79 Å². The monoisotopic (exact) mass is 272 g/mol. The fourth-order valence-electron chi connectivity index (χ4n) is 2.03. The fourth-order valence-corrected chi connectivity index (χ4v) is 2.03. The van der Waals surface area contributed by atoms with Crippen molar-refractivity contribution in [1.82, 2.24) is 5.32 Å². The minimum absolute atomic E-state index is 0. The maximum absolute atomic E-state index is 13.5. The number of carbonyl (C=O) groups is 1. The lowest BCUT2D eigenvalue weighted by molar-refractivity contribution is -0.120. The van der Waals surface area contributed by atoms with E-state index < -0.39 is 0 Å². The highest BCUT2D eigenvalue weighted by Crippen LogP contribution is 2.18. The van der Waals surface area contributed by atoms with Crippen LogP contribution in [0.4, 0.5) is 10.1 Å². The number of anilines is 1. The fraction of sp³-hybridized carbons (Fsp3) is 0.462. The summed E-state index contributed by atoms with van der Waals surface area (Å²) in [6.45, 7) is 3.46. The van der Waals surface area contributed by atoms with Gasteiger partial charge in [0, 0.05) is 6.54 Å². The third-order valence-corrected chi connectivity index (χ3v) is 3.05. The summed E-state index contributed by atoms with van der Waals surface area (Å²) in [6, 6.07) is 4.82. The van der Waals surface area contributed by atoms with Crippen LogP contribution >= 0.6 is 12.4 Å². The van der Waals surface area contributed by atoms with Crippen LogP contribution in [0, 0.1) is 18.7 Å². The van der Waals surface area contributed by atoms with E-state index >= 15 is 0 Å². The average molecular weight is 273 g/mol. The van der Waals surface area contributed by atoms with Crippen LogP contribution in [0.15, 0.2) is 18.2 Å². The molecule has 0 unspecified atom stereocenters. The summed E-state index contributed by atoms with van der Waals surface area (Å²) >= 11 is 0. The number of hydrogen-bond donors (Lipinski definition) is 2. The molecule has 0 spiro atoms. The van der Waals surface area contributed by atoms with Gasteiger partial charge in [0.15, 0.2) is 0 Å². The Morgan fingerprint density at radius 2 is 2.28 bits per heavy atom. The van der Waals surface area contributed by atoms with E-state index in [1.54, 1.807) is 12.1 Å². The summed E-state index contributed by atoms with van der Waals surface area (Å²) in [5.74, 6) is -0.522. The van der Waals surface area contributed by atoms with Crippen LogP contribution in [0.2, 0.25) is 0 Å². The summed E-state index contributed by atoms with van der Waals surface area (Å²) in [6.07, 6.45) is 1.86. The molecule has 5 heteroatoms. The Labute approximate surface area is 113 Å². The first kappa shape index (κ1) is 14.9. The van der Waals surface area contributed by atoms with Gasteiger partial charge >= 0.3 is 0 Å². The molecule has 0 aliphatic carbocycles. The third kappa shape index (κ3) is 3.68. The molecule has 0 aromatic heterocycles. The minimum atomic E-state index is -0.373. The van der Waals surface area contributed by atoms with E-state index in [9.17, 15) is 9.18 Å². The first-order chi connectivity index (χ1) is 8.16. The number of nitrogens with one attached hydrogen (secondary N) is 2. The van der Waals surface area contributed by atoms with Crippen LogP contribution in [-0.4, -0.2) is 19.0 Å². The molecule has 1 aliphatic rings. The maximum atomic E-state index is 13.5. The first-order valence-corrected chi connectivity index (χ1v) is 5.94. The average Bonchev–Trinajstić information content (AvgIpc) is 2.34. The number of rotatable bonds is 2. The van der Waals surface area contributed by atoms with Crippen LogP contribution < -0.4 is 10.6 Å². The highest BCUT2D eigenvalue weighted by Gasteiger charge is 2.21. The van der Waals surface area contributed by atoms with Gasteiger partial charge in [-0.25, -0.2) is 4.39 Å². The van der Waals surface area contributed by atoms with Crippen LogP contribution in [0.25, 0.3) is 0 Å². The smallest absolute Gasteiger partial charge is 0.228 e. The normalized spacial score (nSPS) is 18.9. The molecule has 2 rings (SSSR count). The number of piperidine rings is 1. The minimum Gasteiger partial charge on any atom is -0.323 e. The Kier molecular flexibility index (Phi) is 5.56. The Morgan fingerprint density at radius 3 is 2.89 bits per heavy atom. The van der Waals surface area contributed by atoms with Crippen LogP contribution in [0.5, 0.6) is 0 Å². The van der Waals surface area contributed by atoms with E-state index in [2.05, 4.69) is 10.6 Å². The van der Waals surface area contributed by atoms with Gasteiger partial charge in [-0.1, -0.05) is 6.07 Å². The van der Waals surface area contributed by atoms with Crippen molar-refractivity contribution in [2.75, 3.05) is 18.4 Å². The Balaban J connectivity index is 0.00000162. The van der Waals surface area contributed by atoms with Gasteiger partial charge in [-0.2, -0.15) is 0 Å². The molecule has 1 atom stereocenters. The standard InChI is InChI=1S/C13H17FN2O.ClH/c1-9-4-5-12(11(14)7-9)16-13(17)10-3-2-6-15-8-10;/h4-5,7,10,15H,2-3,6,8H2,1H3,(H,16,17);1H/t10-;/m1./s1. The highest BCUT2D eigenvalue weighted by molar-refractivity contribution is 5.92. The van der Waals surface area contributed by atoms with Gasteiger partial charge < -0.3 is 10.6 Å². The van der Waals surface area contributed by atoms with E-state index in [-0.39, 0.29) is 35.7 Å². The number of aryl methyl sites for hydroxylation is 1. The molecule has 0 bridgehead atoms. The van der Waals surface area contributed by atoms with Crippen molar-refractivity contribution in [3.63, 3.8) is 0 Å². The van der Waals surface area contributed by atoms with Gasteiger partial charge in [0.1, 0.15) is 5.82 Å². The molecule has 1 fully saturated rings. The van der Waals surface area contributed by atoms with Crippen molar-refractivity contribution >= 4 is 24.0 Å². The lowest BCUT2D eigenvalue weighted by atomic mass is 9.99. The summed E-state index contributed by atoms with van der Waals surface area (Å²) in [5.41, 5.74) is 1.12. The molecule has 1 aliphatic heterocycles. The maximum Gasteiger partial charge on any atom is 0.228 e. The Hall–Kier alpha value is -1.13. The van der Waals surface area contributed by atoms with Crippen molar-refractivity contribution in [3.8, 4) is 0 Å². The number of hydrogen-bond acceptors (Lipinski definition) is 2. The highest BCUT2D eigenvalue weighted by atomic mass is 35.5. The van der Waals surface area contributed by atoms with Gasteiger partial charge in [0.25, 0.3) is 0 Å². The number of benzene rings is 1. The molecule has 1 saturated heterocycles. The predicted octanol–water partition coefficient (Wildman–Crippen LogP) is 2.49. The third-order valence-electron chi connectivity index (χ3n) is 3.05. The van der Waals surface area contributed by atoms with Crippen molar-refractivity contribution in [2.24, 2.45) is 5.92 Å². The second-order valence-corrected chi connectivity index (χ2v) is 4.52. The quantitative estimate of drug-likeness (QED) is 0.869. The molecule has 3 nitrogen and oxygen atoms in total. The van der Waals surface area contributed by atoms with Crippen molar-refractivity contribution in [1.29, 1.82) is 0 Å². The zero-order valence-corrected chi connectivity index (χ0v) is 11.1. The molecule has 2 N–H and O–H groups in total. The lowest BCUT2D eigenvalue weighted by Gasteiger charge is -2.22. The van der Waals surface area contributed by atoms with E-state index in [0.717, 1.165) is 24.9 Å². The Bertz CT molecular complexity index is 419. The zero-order chi connectivity index (χ0) is 12.3. The van der Waals surface area contributed by atoms with Crippen molar-refractivity contribution < 1.29 is 9.18 Å². The van der Waals surface area contributed by atoms with E-state index in [1.807, 2.05) is 6.92 Å². The van der Waals surface area contributed by atoms with E-state index in [4.69, 9.17) is 0 Å². The molecule has 18 heavy (non-hydrogen) atoms. The molecule has 1 aromatic rings. The number of halogens is 2. The van der Waals surface area contributed by atoms with Gasteiger partial charge in [0.2, 0.25) is 5.91 Å². The lowest BCUT2D eigenvalue weighted by Crippen LogP contribution is -2.37. The SMILES string of the molecule is Cc1ccc(NC(=O)[C@@H]2CCCNC2)c(F)c1.Cl. The second kappa shape index (κ2) is 6.71. The molecular formula is C13H18ClFN2O. The summed E-state index contributed by atoms with van der Waals surface area (Å²) in [5, 5.41) is 5.82. The van der Waals surface area contributed by atoms with Gasteiger partial charge in [-0.3, -0.25) is 4.79 Å². The van der Waals surface area contributed by atoms with E-state index in [1.165, 1.54) is 6.07 Å². The van der Waals surface area contributed by atoms with Crippen LogP contribution in [0.1, 0.15) is 18.4 Å². The molecule has 1 aromatic carbocycles. The summed E-state index contributed by atoms with van der Waals surface area (Å²) in [7, 11) is 0. The zero-order valence-electron chi connectivity index (χ0n) is 10.3. The second-order valence-electron chi connectivity index (χ2n) is 4.52. The van der Waals surface area contributed by atoms with Gasteiger partial charge in [-0.15, -0.1) is 12.4 Å². The van der Waals surface area contributed by atoms with Gasteiger partial charge in [-0.05, 0) is 44.0 Å². The number of carbonyl (C=O) groups excluding carboxylic acids is 1. The van der Waals surface area contributed by atoms with Gasteiger partial charge in [0.05, 0.1) is 11.6 Å². The Morgan fingerprint density at radius 1 is 1.50 bits per heavy atom. The molecule has 100 valence electrons. The molecule has 1 amide bonds. The topological polar surface area (TPSA) is 41.1 Å².